The molecule has 2 saturated heterocycles. The number of anilines is 1. The van der Waals surface area contributed by atoms with Gasteiger partial charge in [-0.3, -0.25) is 14.4 Å². The second kappa shape index (κ2) is 12.6. The standard InChI is InChI=1S/C21H25N9O7S3/c1-3-5-30-20(25-27-28-30)40-10-21(18(34)35)8-29-16(33)14(17(29)39-9-21)24-15(32)13(11-7-38-19(22)23-11)26-37-6-12(31)36-4-2/h3,7,14,17H,1,4-6,8-10H2,2H3,(H2,22,23)(H,24,32)(H,34,35)/t14?,17-,21?/m1/s1. The third-order valence-corrected chi connectivity index (χ3v) is 9.30. The lowest BCUT2D eigenvalue weighted by Crippen LogP contribution is -2.74. The Bertz CT molecular complexity index is 1330. The van der Waals surface area contributed by atoms with E-state index in [0.29, 0.717) is 11.7 Å². The van der Waals surface area contributed by atoms with Gasteiger partial charge in [0.05, 0.1) is 13.2 Å². The number of nitrogen functional groups attached to an aromatic ring is 1. The quantitative estimate of drug-likeness (QED) is 0.0646. The molecule has 0 bridgehead atoms. The molecule has 4 rings (SSSR count). The van der Waals surface area contributed by atoms with Gasteiger partial charge < -0.3 is 30.6 Å². The number of thiazole rings is 1. The number of carbonyl (C=O) groups excluding carboxylic acids is 3. The van der Waals surface area contributed by atoms with Crippen LogP contribution in [0.1, 0.15) is 12.6 Å². The number of carbonyl (C=O) groups is 4. The molecule has 3 atom stereocenters. The number of esters is 1. The van der Waals surface area contributed by atoms with Gasteiger partial charge in [0.1, 0.15) is 22.5 Å². The molecule has 0 aromatic carbocycles. The summed E-state index contributed by atoms with van der Waals surface area (Å²) < 4.78 is 6.27. The molecule has 2 aliphatic heterocycles. The van der Waals surface area contributed by atoms with E-state index < -0.39 is 47.2 Å². The highest BCUT2D eigenvalue weighted by atomic mass is 32.2. The van der Waals surface area contributed by atoms with Crippen molar-refractivity contribution in [3.63, 3.8) is 0 Å². The lowest BCUT2D eigenvalue weighted by Gasteiger charge is -2.53. The Labute approximate surface area is 239 Å². The number of oxime groups is 1. The molecule has 214 valence electrons. The number of thioether (sulfide) groups is 2. The molecule has 40 heavy (non-hydrogen) atoms. The maximum absolute atomic E-state index is 13.1. The van der Waals surface area contributed by atoms with Crippen LogP contribution in [0.15, 0.2) is 28.3 Å². The predicted molar refractivity (Wildman–Crippen MR) is 144 cm³/mol. The molecule has 0 spiro atoms. The summed E-state index contributed by atoms with van der Waals surface area (Å²) in [7, 11) is 0. The maximum atomic E-state index is 13.1. The first-order valence-electron chi connectivity index (χ1n) is 11.7. The minimum Gasteiger partial charge on any atom is -0.481 e. The van der Waals surface area contributed by atoms with Crippen molar-refractivity contribution in [1.82, 2.24) is 35.4 Å². The second-order valence-corrected chi connectivity index (χ2v) is 11.5. The third kappa shape index (κ3) is 6.20. The van der Waals surface area contributed by atoms with Crippen molar-refractivity contribution >= 4 is 69.5 Å². The smallest absolute Gasteiger partial charge is 0.347 e. The monoisotopic (exact) mass is 611 g/mol. The van der Waals surface area contributed by atoms with Gasteiger partial charge in [0.25, 0.3) is 5.91 Å². The van der Waals surface area contributed by atoms with Gasteiger partial charge in [-0.05, 0) is 17.4 Å². The molecule has 4 N–H and O–H groups in total. The summed E-state index contributed by atoms with van der Waals surface area (Å²) in [5.41, 5.74) is 4.25. The van der Waals surface area contributed by atoms with Crippen LogP contribution in [0, 0.1) is 5.41 Å². The van der Waals surface area contributed by atoms with E-state index in [1.165, 1.54) is 38.5 Å². The van der Waals surface area contributed by atoms with E-state index >= 15 is 0 Å². The van der Waals surface area contributed by atoms with Crippen molar-refractivity contribution in [1.29, 1.82) is 0 Å². The summed E-state index contributed by atoms with van der Waals surface area (Å²) in [6, 6.07) is -0.928. The van der Waals surface area contributed by atoms with Crippen LogP contribution in [0.25, 0.3) is 0 Å². The van der Waals surface area contributed by atoms with Crippen LogP contribution in [0.3, 0.4) is 0 Å². The van der Waals surface area contributed by atoms with Crippen LogP contribution < -0.4 is 11.1 Å². The SMILES string of the molecule is C=CCn1nnnc1SCC1(C(=O)O)CS[C@@H]2C(NC(=O)C(=NOCC(=O)OCC)c3csc(N)n3)C(=O)N2C1. The minimum atomic E-state index is -1.26. The zero-order valence-corrected chi connectivity index (χ0v) is 23.5. The van der Waals surface area contributed by atoms with Gasteiger partial charge in [-0.2, -0.15) is 0 Å². The largest absolute Gasteiger partial charge is 0.481 e. The van der Waals surface area contributed by atoms with Crippen LogP contribution in [-0.2, 0) is 35.3 Å². The van der Waals surface area contributed by atoms with E-state index in [-0.39, 0.29) is 41.2 Å². The van der Waals surface area contributed by atoms with Crippen LogP contribution in [0.2, 0.25) is 0 Å². The molecular weight excluding hydrogens is 586 g/mol. The van der Waals surface area contributed by atoms with E-state index in [9.17, 15) is 24.3 Å². The summed E-state index contributed by atoms with van der Waals surface area (Å²) >= 11 is 3.50. The summed E-state index contributed by atoms with van der Waals surface area (Å²) in [5, 5.41) is 29.5. The van der Waals surface area contributed by atoms with Crippen molar-refractivity contribution < 1.29 is 33.9 Å². The molecule has 0 saturated carbocycles. The average Bonchev–Trinajstić information content (AvgIpc) is 3.57. The number of fused-ring (bicyclic) bond motifs is 1. The Hall–Kier alpha value is -3.71. The molecule has 2 aliphatic rings. The zero-order valence-electron chi connectivity index (χ0n) is 21.1. The fraction of sp³-hybridized carbons (Fsp3) is 0.476. The van der Waals surface area contributed by atoms with Crippen LogP contribution in [-0.4, -0.2) is 107 Å². The fourth-order valence-electron chi connectivity index (χ4n) is 3.81. The van der Waals surface area contributed by atoms with Crippen LogP contribution in [0.4, 0.5) is 5.13 Å². The summed E-state index contributed by atoms with van der Waals surface area (Å²) in [6.45, 7) is 5.22. The molecule has 0 aliphatic carbocycles. The number of carboxylic acids is 1. The predicted octanol–water partition coefficient (Wildman–Crippen LogP) is -0.555. The first kappa shape index (κ1) is 29.3. The number of ether oxygens (including phenoxy) is 1. The third-order valence-electron chi connectivity index (χ3n) is 5.79. The van der Waals surface area contributed by atoms with Crippen molar-refractivity contribution in [3.8, 4) is 0 Å². The van der Waals surface area contributed by atoms with Crippen molar-refractivity contribution in [2.45, 2.75) is 30.0 Å². The molecule has 2 aromatic rings. The van der Waals surface area contributed by atoms with E-state index in [2.05, 4.69) is 37.6 Å². The molecule has 4 heterocycles. The van der Waals surface area contributed by atoms with Crippen molar-refractivity contribution in [3.05, 3.63) is 23.7 Å². The van der Waals surface area contributed by atoms with Crippen molar-refractivity contribution in [2.24, 2.45) is 10.6 Å². The number of hydrogen-bond acceptors (Lipinski definition) is 15. The van der Waals surface area contributed by atoms with Crippen LogP contribution in [0.5, 0.6) is 0 Å². The van der Waals surface area contributed by atoms with E-state index in [1.807, 2.05) is 0 Å². The van der Waals surface area contributed by atoms with Gasteiger partial charge >= 0.3 is 11.9 Å². The Morgan fingerprint density at radius 3 is 2.92 bits per heavy atom. The number of carboxylic acid groups (broad SMARTS) is 1. The van der Waals surface area contributed by atoms with Crippen LogP contribution >= 0.6 is 34.9 Å². The minimum absolute atomic E-state index is 0.0482. The lowest BCUT2D eigenvalue weighted by atomic mass is 9.89. The average molecular weight is 612 g/mol. The highest BCUT2D eigenvalue weighted by molar-refractivity contribution is 8.00. The number of rotatable bonds is 13. The molecular formula is C21H25N9O7S3. The molecule has 19 heteroatoms. The van der Waals surface area contributed by atoms with E-state index in [0.717, 1.165) is 11.3 Å². The van der Waals surface area contributed by atoms with Crippen molar-refractivity contribution in [2.75, 3.05) is 37.0 Å². The van der Waals surface area contributed by atoms with Gasteiger partial charge in [-0.15, -0.1) is 34.8 Å². The van der Waals surface area contributed by atoms with Gasteiger partial charge in [-0.1, -0.05) is 23.0 Å². The highest BCUT2D eigenvalue weighted by Gasteiger charge is 2.57. The number of nitrogens with one attached hydrogen (secondary N) is 1. The Morgan fingerprint density at radius 2 is 2.25 bits per heavy atom. The highest BCUT2D eigenvalue weighted by Crippen LogP contribution is 2.44. The van der Waals surface area contributed by atoms with Gasteiger partial charge in [-0.25, -0.2) is 14.5 Å². The van der Waals surface area contributed by atoms with E-state index in [1.54, 1.807) is 13.0 Å². The molecule has 2 aromatic heterocycles. The molecule has 16 nitrogen and oxygen atoms in total. The first-order valence-corrected chi connectivity index (χ1v) is 14.6. The number of hydrogen-bond donors (Lipinski definition) is 3. The number of β-lactam (4-membered cyclic amide) rings is 1. The van der Waals surface area contributed by atoms with Gasteiger partial charge in [0.15, 0.2) is 10.8 Å². The number of nitrogens with two attached hydrogens (primary N) is 1. The van der Waals surface area contributed by atoms with Gasteiger partial charge in [0, 0.05) is 23.4 Å². The Kier molecular flexibility index (Phi) is 9.25. The summed E-state index contributed by atoms with van der Waals surface area (Å²) in [4.78, 5) is 60.5. The number of aromatic nitrogens is 5. The molecule has 2 fully saturated rings. The Morgan fingerprint density at radius 1 is 1.45 bits per heavy atom. The molecule has 0 radical (unpaired) electrons. The van der Waals surface area contributed by atoms with E-state index in [4.69, 9.17) is 15.3 Å². The number of nitrogens with zero attached hydrogens (tertiary/aromatic N) is 7. The molecule has 2 amide bonds. The Balaban J connectivity index is 1.42. The number of tetrazole rings is 1. The topological polar surface area (TPSA) is 217 Å². The fourth-order valence-corrected chi connectivity index (χ4v) is 7.10. The summed E-state index contributed by atoms with van der Waals surface area (Å²) in [5.74, 6) is -2.63. The lowest BCUT2D eigenvalue weighted by molar-refractivity contribution is -0.157. The number of allylic oxidation sites excluding steroid dienone is 1. The van der Waals surface area contributed by atoms with Gasteiger partial charge in [0.2, 0.25) is 17.7 Å². The molecule has 2 unspecified atom stereocenters. The zero-order chi connectivity index (χ0) is 28.9. The second-order valence-electron chi connectivity index (χ2n) is 8.51. The summed E-state index contributed by atoms with van der Waals surface area (Å²) in [6.07, 6.45) is 1.62. The number of aliphatic carboxylic acids is 1. The maximum Gasteiger partial charge on any atom is 0.347 e. The number of amides is 2. The first-order chi connectivity index (χ1) is 19.2. The normalized spacial score (nSPS) is 22.2.